The van der Waals surface area contributed by atoms with Crippen LogP contribution in [0.4, 0.5) is 0 Å². The number of unbranched alkanes of at least 4 members (excludes halogenated alkanes) is 1. The van der Waals surface area contributed by atoms with Crippen molar-refractivity contribution < 1.29 is 9.47 Å². The van der Waals surface area contributed by atoms with Gasteiger partial charge < -0.3 is 24.6 Å². The number of likely N-dealkylation sites (tertiary alicyclic amines) is 1. The van der Waals surface area contributed by atoms with Crippen LogP contribution in [0.1, 0.15) is 58.8 Å². The molecule has 166 valence electrons. The van der Waals surface area contributed by atoms with Crippen molar-refractivity contribution in [2.75, 3.05) is 59.5 Å². The summed E-state index contributed by atoms with van der Waals surface area (Å²) in [6.07, 6.45) is 8.93. The van der Waals surface area contributed by atoms with Gasteiger partial charge in [-0.05, 0) is 64.6 Å². The van der Waals surface area contributed by atoms with Crippen LogP contribution in [0.2, 0.25) is 0 Å². The molecule has 2 aliphatic rings. The lowest BCUT2D eigenvalue weighted by molar-refractivity contribution is -0.0721. The minimum atomic E-state index is 0. The summed E-state index contributed by atoms with van der Waals surface area (Å²) in [6, 6.07) is 0. The first kappa shape index (κ1) is 25.9. The molecule has 0 spiro atoms. The molecule has 2 saturated heterocycles. The highest BCUT2D eigenvalue weighted by molar-refractivity contribution is 14.0. The summed E-state index contributed by atoms with van der Waals surface area (Å²) in [7, 11) is 1.89. The minimum Gasteiger partial charge on any atom is -0.376 e. The molecule has 2 heterocycles. The Kier molecular flexibility index (Phi) is 14.5. The molecule has 1 atom stereocenters. The van der Waals surface area contributed by atoms with Crippen molar-refractivity contribution in [3.8, 4) is 0 Å². The fourth-order valence-corrected chi connectivity index (χ4v) is 3.95. The van der Waals surface area contributed by atoms with Crippen LogP contribution in [0.3, 0.4) is 0 Å². The fraction of sp³-hybridized carbons (Fsp3) is 0.952. The van der Waals surface area contributed by atoms with Gasteiger partial charge in [0.1, 0.15) is 0 Å². The lowest BCUT2D eigenvalue weighted by Gasteiger charge is -2.35. The van der Waals surface area contributed by atoms with E-state index in [1.807, 2.05) is 7.05 Å². The molecule has 7 heteroatoms. The average molecular weight is 511 g/mol. The third kappa shape index (κ3) is 9.59. The molecule has 28 heavy (non-hydrogen) atoms. The maximum atomic E-state index is 6.12. The standard InChI is InChI=1S/C21H42N4O2.HI/c1-4-24(5-2)14-8-7-13-23-21(22-3)25-15-11-19(12-16-25)27-18-20-10-6-9-17-26-20;/h19-20H,4-18H2,1-3H3,(H,22,23);1H. The highest BCUT2D eigenvalue weighted by Gasteiger charge is 2.23. The Morgan fingerprint density at radius 3 is 2.50 bits per heavy atom. The van der Waals surface area contributed by atoms with Crippen molar-refractivity contribution in [2.45, 2.75) is 71.0 Å². The molecule has 2 rings (SSSR count). The number of nitrogens with zero attached hydrogens (tertiary/aromatic N) is 3. The van der Waals surface area contributed by atoms with E-state index in [9.17, 15) is 0 Å². The second-order valence-corrected chi connectivity index (χ2v) is 7.72. The Morgan fingerprint density at radius 1 is 1.14 bits per heavy atom. The fourth-order valence-electron chi connectivity index (χ4n) is 3.95. The number of hydrogen-bond acceptors (Lipinski definition) is 4. The second kappa shape index (κ2) is 15.7. The quantitative estimate of drug-likeness (QED) is 0.212. The van der Waals surface area contributed by atoms with Gasteiger partial charge in [-0.3, -0.25) is 4.99 Å². The van der Waals surface area contributed by atoms with Crippen LogP contribution in [-0.4, -0.2) is 87.5 Å². The van der Waals surface area contributed by atoms with Crippen molar-refractivity contribution in [3.63, 3.8) is 0 Å². The van der Waals surface area contributed by atoms with Gasteiger partial charge in [0, 0.05) is 33.3 Å². The van der Waals surface area contributed by atoms with Crippen LogP contribution in [0.5, 0.6) is 0 Å². The molecule has 0 aliphatic carbocycles. The largest absolute Gasteiger partial charge is 0.376 e. The summed E-state index contributed by atoms with van der Waals surface area (Å²) in [5.74, 6) is 1.05. The summed E-state index contributed by atoms with van der Waals surface area (Å²) in [5.41, 5.74) is 0. The topological polar surface area (TPSA) is 49.3 Å². The van der Waals surface area contributed by atoms with E-state index < -0.39 is 0 Å². The van der Waals surface area contributed by atoms with Crippen molar-refractivity contribution in [1.29, 1.82) is 0 Å². The normalized spacial score (nSPS) is 21.6. The molecule has 0 aromatic carbocycles. The molecule has 2 fully saturated rings. The van der Waals surface area contributed by atoms with Crippen molar-refractivity contribution in [3.05, 3.63) is 0 Å². The summed E-state index contributed by atoms with van der Waals surface area (Å²) in [6.45, 7) is 12.7. The molecule has 0 radical (unpaired) electrons. The molecule has 0 saturated carbocycles. The zero-order chi connectivity index (χ0) is 19.3. The predicted molar refractivity (Wildman–Crippen MR) is 128 cm³/mol. The molecular weight excluding hydrogens is 467 g/mol. The maximum Gasteiger partial charge on any atom is 0.193 e. The predicted octanol–water partition coefficient (Wildman–Crippen LogP) is 3.35. The van der Waals surface area contributed by atoms with Gasteiger partial charge in [0.25, 0.3) is 0 Å². The van der Waals surface area contributed by atoms with Crippen molar-refractivity contribution in [1.82, 2.24) is 15.1 Å². The summed E-state index contributed by atoms with van der Waals surface area (Å²) in [4.78, 5) is 9.34. The third-order valence-corrected chi connectivity index (χ3v) is 5.82. The van der Waals surface area contributed by atoms with Gasteiger partial charge in [-0.15, -0.1) is 24.0 Å². The molecule has 2 aliphatic heterocycles. The molecule has 1 unspecified atom stereocenters. The average Bonchev–Trinajstić information content (AvgIpc) is 2.73. The highest BCUT2D eigenvalue weighted by atomic mass is 127. The van der Waals surface area contributed by atoms with E-state index in [0.717, 1.165) is 71.2 Å². The van der Waals surface area contributed by atoms with Crippen LogP contribution in [0.25, 0.3) is 0 Å². The molecule has 0 amide bonds. The Balaban J connectivity index is 0.00000392. The van der Waals surface area contributed by atoms with Gasteiger partial charge in [0.05, 0.1) is 18.8 Å². The monoisotopic (exact) mass is 510 g/mol. The number of halogens is 1. The van der Waals surface area contributed by atoms with Gasteiger partial charge in [0.2, 0.25) is 0 Å². The maximum absolute atomic E-state index is 6.12. The first-order chi connectivity index (χ1) is 13.3. The Bertz CT molecular complexity index is 407. The highest BCUT2D eigenvalue weighted by Crippen LogP contribution is 2.17. The number of hydrogen-bond donors (Lipinski definition) is 1. The van der Waals surface area contributed by atoms with Gasteiger partial charge in [-0.2, -0.15) is 0 Å². The molecule has 1 N–H and O–H groups in total. The van der Waals surface area contributed by atoms with E-state index in [4.69, 9.17) is 9.47 Å². The Labute approximate surface area is 189 Å². The second-order valence-electron chi connectivity index (χ2n) is 7.72. The van der Waals surface area contributed by atoms with Crippen LogP contribution in [0, 0.1) is 0 Å². The van der Waals surface area contributed by atoms with Gasteiger partial charge >= 0.3 is 0 Å². The van der Waals surface area contributed by atoms with Crippen LogP contribution in [-0.2, 0) is 9.47 Å². The molecule has 6 nitrogen and oxygen atoms in total. The smallest absolute Gasteiger partial charge is 0.193 e. The summed E-state index contributed by atoms with van der Waals surface area (Å²) >= 11 is 0. The first-order valence-corrected chi connectivity index (χ1v) is 11.2. The van der Waals surface area contributed by atoms with Crippen molar-refractivity contribution >= 4 is 29.9 Å². The van der Waals surface area contributed by atoms with E-state index in [-0.39, 0.29) is 24.0 Å². The van der Waals surface area contributed by atoms with Gasteiger partial charge in [-0.25, -0.2) is 0 Å². The number of rotatable bonds is 10. The number of piperidine rings is 1. The van der Waals surface area contributed by atoms with E-state index >= 15 is 0 Å². The van der Waals surface area contributed by atoms with Gasteiger partial charge in [-0.1, -0.05) is 13.8 Å². The van der Waals surface area contributed by atoms with Crippen LogP contribution >= 0.6 is 24.0 Å². The lowest BCUT2D eigenvalue weighted by Crippen LogP contribution is -2.47. The first-order valence-electron chi connectivity index (χ1n) is 11.2. The zero-order valence-electron chi connectivity index (χ0n) is 18.3. The summed E-state index contributed by atoms with van der Waals surface area (Å²) in [5, 5.41) is 3.54. The lowest BCUT2D eigenvalue weighted by atomic mass is 10.1. The van der Waals surface area contributed by atoms with E-state index in [1.165, 1.54) is 32.2 Å². The third-order valence-electron chi connectivity index (χ3n) is 5.82. The van der Waals surface area contributed by atoms with Crippen LogP contribution in [0.15, 0.2) is 4.99 Å². The van der Waals surface area contributed by atoms with E-state index in [0.29, 0.717) is 12.2 Å². The number of aliphatic imine (C=N–C) groups is 1. The van der Waals surface area contributed by atoms with E-state index in [1.54, 1.807) is 0 Å². The number of nitrogens with one attached hydrogen (secondary N) is 1. The van der Waals surface area contributed by atoms with Crippen LogP contribution < -0.4 is 5.32 Å². The molecular formula is C21H43IN4O2. The van der Waals surface area contributed by atoms with Gasteiger partial charge in [0.15, 0.2) is 5.96 Å². The van der Waals surface area contributed by atoms with E-state index in [2.05, 4.69) is 34.0 Å². The number of ether oxygens (including phenoxy) is 2. The Hall–Kier alpha value is -0.120. The molecule has 0 aromatic heterocycles. The summed E-state index contributed by atoms with van der Waals surface area (Å²) < 4.78 is 11.9. The zero-order valence-corrected chi connectivity index (χ0v) is 20.7. The molecule has 0 aromatic rings. The number of guanidine groups is 1. The molecule has 0 bridgehead atoms. The Morgan fingerprint density at radius 2 is 1.89 bits per heavy atom. The SMILES string of the molecule is CCN(CC)CCCCNC(=NC)N1CCC(OCC2CCCCO2)CC1.I. The minimum absolute atomic E-state index is 0. The van der Waals surface area contributed by atoms with Crippen molar-refractivity contribution in [2.24, 2.45) is 4.99 Å².